The Balaban J connectivity index is 1.44. The molecule has 0 fully saturated rings. The van der Waals surface area contributed by atoms with Gasteiger partial charge in [0.25, 0.3) is 0 Å². The van der Waals surface area contributed by atoms with E-state index in [0.717, 1.165) is 29.9 Å². The molecular weight excluding hydrogens is 392 g/mol. The van der Waals surface area contributed by atoms with Crippen LogP contribution in [0.1, 0.15) is 24.5 Å². The number of hydrogen-bond acceptors (Lipinski definition) is 4. The molecule has 7 heteroatoms. The van der Waals surface area contributed by atoms with Crippen molar-refractivity contribution in [3.8, 4) is 11.4 Å². The number of rotatable bonds is 5. The van der Waals surface area contributed by atoms with Gasteiger partial charge in [0.15, 0.2) is 11.0 Å². The smallest absolute Gasteiger partial charge is 0.237 e. The first-order valence-electron chi connectivity index (χ1n) is 9.26. The maximum absolute atomic E-state index is 12.6. The van der Waals surface area contributed by atoms with Crippen LogP contribution in [0.3, 0.4) is 0 Å². The highest BCUT2D eigenvalue weighted by Crippen LogP contribution is 2.28. The quantitative estimate of drug-likeness (QED) is 0.614. The first-order valence-corrected chi connectivity index (χ1v) is 10.5. The van der Waals surface area contributed by atoms with Gasteiger partial charge in [0.05, 0.1) is 5.25 Å². The molecule has 0 saturated carbocycles. The lowest BCUT2D eigenvalue weighted by molar-refractivity contribution is -0.115. The summed E-state index contributed by atoms with van der Waals surface area (Å²) in [6, 6.07) is 13.7. The highest BCUT2D eigenvalue weighted by atomic mass is 35.5. The van der Waals surface area contributed by atoms with Crippen molar-refractivity contribution in [1.29, 1.82) is 0 Å². The van der Waals surface area contributed by atoms with Gasteiger partial charge in [-0.1, -0.05) is 29.4 Å². The molecule has 5 nitrogen and oxygen atoms in total. The molecule has 1 atom stereocenters. The van der Waals surface area contributed by atoms with Gasteiger partial charge in [-0.3, -0.25) is 4.79 Å². The normalized spacial score (nSPS) is 14.0. The first-order chi connectivity index (χ1) is 13.5. The van der Waals surface area contributed by atoms with Crippen LogP contribution in [0.2, 0.25) is 5.02 Å². The molecule has 3 aromatic rings. The Morgan fingerprint density at radius 3 is 2.68 bits per heavy atom. The van der Waals surface area contributed by atoms with Gasteiger partial charge in [-0.05, 0) is 73.7 Å². The van der Waals surface area contributed by atoms with Crippen LogP contribution in [0.5, 0.6) is 0 Å². The van der Waals surface area contributed by atoms with Crippen LogP contribution in [0.25, 0.3) is 11.4 Å². The summed E-state index contributed by atoms with van der Waals surface area (Å²) < 4.78 is 1.90. The van der Waals surface area contributed by atoms with E-state index in [1.807, 2.05) is 48.9 Å². The summed E-state index contributed by atoms with van der Waals surface area (Å²) in [6.07, 6.45) is 3.43. The SMILES string of the molecule is C[C@@H](Sc1nnc(-c2ccc(Cl)cc2)n1C)C(=O)Nc1ccc2c(c1)CCC2. The molecule has 0 spiro atoms. The zero-order chi connectivity index (χ0) is 19.7. The zero-order valence-corrected chi connectivity index (χ0v) is 17.3. The number of carbonyl (C=O) groups is 1. The molecule has 1 aromatic heterocycles. The summed E-state index contributed by atoms with van der Waals surface area (Å²) >= 11 is 7.35. The molecule has 1 aliphatic rings. The number of carbonyl (C=O) groups excluding carboxylic acids is 1. The van der Waals surface area contributed by atoms with Gasteiger partial charge in [-0.2, -0.15) is 0 Å². The van der Waals surface area contributed by atoms with E-state index < -0.39 is 0 Å². The summed E-state index contributed by atoms with van der Waals surface area (Å²) in [5.74, 6) is 0.699. The predicted molar refractivity (Wildman–Crippen MR) is 114 cm³/mol. The van der Waals surface area contributed by atoms with Crippen molar-refractivity contribution in [3.05, 3.63) is 58.6 Å². The van der Waals surface area contributed by atoms with E-state index >= 15 is 0 Å². The maximum atomic E-state index is 12.6. The molecule has 0 bridgehead atoms. The molecule has 0 radical (unpaired) electrons. The van der Waals surface area contributed by atoms with Crippen LogP contribution in [-0.2, 0) is 24.7 Å². The van der Waals surface area contributed by atoms with E-state index in [1.165, 1.54) is 29.3 Å². The zero-order valence-electron chi connectivity index (χ0n) is 15.8. The number of amides is 1. The molecule has 28 heavy (non-hydrogen) atoms. The molecular formula is C21H21ClN4OS. The molecule has 0 unspecified atom stereocenters. The standard InChI is InChI=1S/C21H21ClN4OS/c1-13(20(27)23-18-11-8-14-4-3-5-16(14)12-18)28-21-25-24-19(26(21)2)15-6-9-17(22)10-7-15/h6-13H,3-5H2,1-2H3,(H,23,27)/t13-/m1/s1. The molecule has 1 amide bonds. The Kier molecular flexibility index (Phi) is 5.42. The van der Waals surface area contributed by atoms with Crippen LogP contribution in [0.15, 0.2) is 47.6 Å². The van der Waals surface area contributed by atoms with E-state index in [4.69, 9.17) is 11.6 Å². The number of nitrogens with one attached hydrogen (secondary N) is 1. The third-order valence-electron chi connectivity index (χ3n) is 4.95. The number of benzene rings is 2. The van der Waals surface area contributed by atoms with Gasteiger partial charge in [0.2, 0.25) is 5.91 Å². The minimum absolute atomic E-state index is 0.0426. The number of aryl methyl sites for hydroxylation is 2. The topological polar surface area (TPSA) is 59.8 Å². The molecule has 0 aliphatic heterocycles. The fraction of sp³-hybridized carbons (Fsp3) is 0.286. The molecule has 1 aliphatic carbocycles. The number of thioether (sulfide) groups is 1. The van der Waals surface area contributed by atoms with Crippen LogP contribution >= 0.6 is 23.4 Å². The van der Waals surface area contributed by atoms with Crippen molar-refractivity contribution in [2.45, 2.75) is 36.6 Å². The fourth-order valence-corrected chi connectivity index (χ4v) is 4.31. The Labute approximate surface area is 173 Å². The van der Waals surface area contributed by atoms with Crippen molar-refractivity contribution < 1.29 is 4.79 Å². The Hall–Kier alpha value is -2.31. The fourth-order valence-electron chi connectivity index (χ4n) is 3.37. The average molecular weight is 413 g/mol. The van der Waals surface area contributed by atoms with E-state index in [2.05, 4.69) is 27.6 Å². The monoisotopic (exact) mass is 412 g/mol. The minimum atomic E-state index is -0.297. The van der Waals surface area contributed by atoms with Crippen LogP contribution < -0.4 is 5.32 Å². The van der Waals surface area contributed by atoms with E-state index in [1.54, 1.807) is 0 Å². The Bertz CT molecular complexity index is 1020. The molecule has 1 N–H and O–H groups in total. The summed E-state index contributed by atoms with van der Waals surface area (Å²) in [7, 11) is 1.90. The van der Waals surface area contributed by atoms with Crippen molar-refractivity contribution >= 4 is 35.0 Å². The summed E-state index contributed by atoms with van der Waals surface area (Å²) in [6.45, 7) is 1.88. The first kappa shape index (κ1) is 19.0. The van der Waals surface area contributed by atoms with Crippen LogP contribution in [0.4, 0.5) is 5.69 Å². The highest BCUT2D eigenvalue weighted by molar-refractivity contribution is 8.00. The average Bonchev–Trinajstić information content (AvgIpc) is 3.29. The summed E-state index contributed by atoms with van der Waals surface area (Å²) in [5, 5.41) is 12.6. The second kappa shape index (κ2) is 7.97. The lowest BCUT2D eigenvalue weighted by atomic mass is 10.1. The van der Waals surface area contributed by atoms with Gasteiger partial charge in [-0.15, -0.1) is 10.2 Å². The van der Waals surface area contributed by atoms with Crippen LogP contribution in [-0.4, -0.2) is 25.9 Å². The number of anilines is 1. The lowest BCUT2D eigenvalue weighted by Crippen LogP contribution is -2.23. The summed E-state index contributed by atoms with van der Waals surface area (Å²) in [5.41, 5.74) is 4.53. The molecule has 0 saturated heterocycles. The predicted octanol–water partition coefficient (Wildman–Crippen LogP) is 4.74. The van der Waals surface area contributed by atoms with E-state index in [-0.39, 0.29) is 11.2 Å². The minimum Gasteiger partial charge on any atom is -0.325 e. The Morgan fingerprint density at radius 1 is 1.14 bits per heavy atom. The highest BCUT2D eigenvalue weighted by Gasteiger charge is 2.20. The number of aromatic nitrogens is 3. The van der Waals surface area contributed by atoms with Crippen molar-refractivity contribution in [1.82, 2.24) is 14.8 Å². The number of fused-ring (bicyclic) bond motifs is 1. The molecule has 1 heterocycles. The maximum Gasteiger partial charge on any atom is 0.237 e. The second-order valence-electron chi connectivity index (χ2n) is 6.96. The van der Waals surface area contributed by atoms with Crippen molar-refractivity contribution in [2.24, 2.45) is 7.05 Å². The largest absolute Gasteiger partial charge is 0.325 e. The number of halogens is 1. The van der Waals surface area contributed by atoms with Gasteiger partial charge >= 0.3 is 0 Å². The molecule has 4 rings (SSSR count). The van der Waals surface area contributed by atoms with Gasteiger partial charge in [0, 0.05) is 23.3 Å². The van der Waals surface area contributed by atoms with E-state index in [9.17, 15) is 4.79 Å². The van der Waals surface area contributed by atoms with E-state index in [0.29, 0.717) is 10.2 Å². The summed E-state index contributed by atoms with van der Waals surface area (Å²) in [4.78, 5) is 12.6. The Morgan fingerprint density at radius 2 is 1.89 bits per heavy atom. The molecule has 2 aromatic carbocycles. The lowest BCUT2D eigenvalue weighted by Gasteiger charge is -2.12. The second-order valence-corrected chi connectivity index (χ2v) is 8.70. The number of nitrogens with zero attached hydrogens (tertiary/aromatic N) is 3. The van der Waals surface area contributed by atoms with Crippen molar-refractivity contribution in [2.75, 3.05) is 5.32 Å². The van der Waals surface area contributed by atoms with Gasteiger partial charge < -0.3 is 9.88 Å². The third-order valence-corrected chi connectivity index (χ3v) is 6.34. The van der Waals surface area contributed by atoms with Gasteiger partial charge in [0.1, 0.15) is 0 Å². The van der Waals surface area contributed by atoms with Gasteiger partial charge in [-0.25, -0.2) is 0 Å². The third kappa shape index (κ3) is 3.93. The molecule has 144 valence electrons. The number of hydrogen-bond donors (Lipinski definition) is 1. The van der Waals surface area contributed by atoms with Crippen LogP contribution in [0, 0.1) is 0 Å². The van der Waals surface area contributed by atoms with Crippen molar-refractivity contribution in [3.63, 3.8) is 0 Å².